The van der Waals surface area contributed by atoms with Crippen LogP contribution in [0.2, 0.25) is 5.02 Å². The number of benzene rings is 2. The highest BCUT2D eigenvalue weighted by molar-refractivity contribution is 6.32. The van der Waals surface area contributed by atoms with Crippen molar-refractivity contribution in [3.63, 3.8) is 0 Å². The van der Waals surface area contributed by atoms with Gasteiger partial charge in [0.25, 0.3) is 5.91 Å². The number of aliphatic hydroxyl groups excluding tert-OH is 1. The monoisotopic (exact) mass is 415 g/mol. The number of rotatable bonds is 8. The summed E-state index contributed by atoms with van der Waals surface area (Å²) in [5.41, 5.74) is 1.84. The maximum Gasteiger partial charge on any atom is 0.257 e. The number of para-hydroxylation sites is 1. The maximum absolute atomic E-state index is 13.1. The summed E-state index contributed by atoms with van der Waals surface area (Å²) < 4.78 is 12.2. The SMILES string of the molecule is COc1ccc(OC)c(CN(CCO)C(=O)c2cnn(-c3ccccc3Cl)c2)c1. The minimum Gasteiger partial charge on any atom is -0.497 e. The van der Waals surface area contributed by atoms with Crippen molar-refractivity contribution in [1.82, 2.24) is 14.7 Å². The van der Waals surface area contributed by atoms with E-state index in [1.165, 1.54) is 11.1 Å². The molecular formula is C21H22ClN3O4. The summed E-state index contributed by atoms with van der Waals surface area (Å²) in [6, 6.07) is 12.6. The molecule has 0 saturated heterocycles. The maximum atomic E-state index is 13.1. The van der Waals surface area contributed by atoms with E-state index in [0.29, 0.717) is 27.8 Å². The molecule has 1 heterocycles. The number of hydrogen-bond acceptors (Lipinski definition) is 5. The molecule has 0 atom stereocenters. The molecule has 0 aliphatic heterocycles. The lowest BCUT2D eigenvalue weighted by atomic mass is 10.1. The highest BCUT2D eigenvalue weighted by Crippen LogP contribution is 2.26. The fourth-order valence-corrected chi connectivity index (χ4v) is 3.19. The van der Waals surface area contributed by atoms with Gasteiger partial charge in [0.2, 0.25) is 0 Å². The van der Waals surface area contributed by atoms with Gasteiger partial charge in [-0.05, 0) is 30.3 Å². The van der Waals surface area contributed by atoms with Crippen LogP contribution >= 0.6 is 11.6 Å². The van der Waals surface area contributed by atoms with Crippen molar-refractivity contribution < 1.29 is 19.4 Å². The first-order valence-corrected chi connectivity index (χ1v) is 9.35. The van der Waals surface area contributed by atoms with Crippen LogP contribution in [0.5, 0.6) is 11.5 Å². The van der Waals surface area contributed by atoms with Crippen molar-refractivity contribution in [3.05, 3.63) is 71.0 Å². The van der Waals surface area contributed by atoms with Crippen LogP contribution in [0.25, 0.3) is 5.69 Å². The topological polar surface area (TPSA) is 76.8 Å². The smallest absolute Gasteiger partial charge is 0.257 e. The normalized spacial score (nSPS) is 10.6. The van der Waals surface area contributed by atoms with Gasteiger partial charge in [-0.3, -0.25) is 4.79 Å². The molecule has 2 aromatic carbocycles. The van der Waals surface area contributed by atoms with Crippen LogP contribution in [-0.4, -0.2) is 53.1 Å². The van der Waals surface area contributed by atoms with Crippen molar-refractivity contribution in [3.8, 4) is 17.2 Å². The van der Waals surface area contributed by atoms with Crippen molar-refractivity contribution in [1.29, 1.82) is 0 Å². The van der Waals surface area contributed by atoms with E-state index in [4.69, 9.17) is 21.1 Å². The number of carbonyl (C=O) groups excluding carboxylic acids is 1. The van der Waals surface area contributed by atoms with Gasteiger partial charge in [-0.2, -0.15) is 5.10 Å². The van der Waals surface area contributed by atoms with Crippen molar-refractivity contribution in [2.75, 3.05) is 27.4 Å². The fourth-order valence-electron chi connectivity index (χ4n) is 2.97. The van der Waals surface area contributed by atoms with E-state index < -0.39 is 0 Å². The lowest BCUT2D eigenvalue weighted by Gasteiger charge is -2.22. The molecule has 0 saturated carbocycles. The van der Waals surface area contributed by atoms with E-state index in [-0.39, 0.29) is 25.6 Å². The summed E-state index contributed by atoms with van der Waals surface area (Å²) in [4.78, 5) is 14.6. The highest BCUT2D eigenvalue weighted by Gasteiger charge is 2.20. The van der Waals surface area contributed by atoms with Crippen molar-refractivity contribution in [2.45, 2.75) is 6.54 Å². The number of ether oxygens (including phenoxy) is 2. The number of halogens is 1. The van der Waals surface area contributed by atoms with Gasteiger partial charge in [-0.25, -0.2) is 4.68 Å². The number of hydrogen-bond donors (Lipinski definition) is 1. The van der Waals surface area contributed by atoms with Crippen LogP contribution < -0.4 is 9.47 Å². The predicted octanol–water partition coefficient (Wildman–Crippen LogP) is 3.18. The molecule has 3 aromatic rings. The molecule has 0 aliphatic rings. The molecule has 0 aliphatic carbocycles. The van der Waals surface area contributed by atoms with Crippen LogP contribution in [0.1, 0.15) is 15.9 Å². The minimum atomic E-state index is -0.262. The number of aromatic nitrogens is 2. The van der Waals surface area contributed by atoms with Crippen LogP contribution in [0.15, 0.2) is 54.9 Å². The molecule has 0 radical (unpaired) electrons. The van der Waals surface area contributed by atoms with E-state index in [9.17, 15) is 9.90 Å². The zero-order valence-electron chi connectivity index (χ0n) is 16.2. The van der Waals surface area contributed by atoms with E-state index in [0.717, 1.165) is 5.56 Å². The summed E-state index contributed by atoms with van der Waals surface area (Å²) in [5, 5.41) is 14.3. The number of carbonyl (C=O) groups is 1. The molecule has 0 spiro atoms. The summed E-state index contributed by atoms with van der Waals surface area (Å²) in [6.45, 7) is 0.240. The second-order valence-corrected chi connectivity index (χ2v) is 6.66. The Balaban J connectivity index is 1.87. The van der Waals surface area contributed by atoms with Crippen LogP contribution in [-0.2, 0) is 6.54 Å². The summed E-state index contributed by atoms with van der Waals surface area (Å²) in [6.07, 6.45) is 3.11. The first kappa shape index (κ1) is 20.7. The molecule has 1 amide bonds. The molecule has 1 N–H and O–H groups in total. The predicted molar refractivity (Wildman–Crippen MR) is 110 cm³/mol. The van der Waals surface area contributed by atoms with Gasteiger partial charge in [-0.15, -0.1) is 0 Å². The Bertz CT molecular complexity index is 990. The molecule has 152 valence electrons. The Morgan fingerprint density at radius 3 is 2.69 bits per heavy atom. The van der Waals surface area contributed by atoms with Gasteiger partial charge < -0.3 is 19.5 Å². The molecule has 3 rings (SSSR count). The van der Waals surface area contributed by atoms with E-state index in [1.54, 1.807) is 43.3 Å². The van der Waals surface area contributed by atoms with Gasteiger partial charge >= 0.3 is 0 Å². The lowest BCUT2D eigenvalue weighted by Crippen LogP contribution is -2.33. The number of amides is 1. The Morgan fingerprint density at radius 1 is 1.21 bits per heavy atom. The Labute approximate surface area is 174 Å². The third kappa shape index (κ3) is 4.70. The Hall–Kier alpha value is -3.03. The molecule has 7 nitrogen and oxygen atoms in total. The van der Waals surface area contributed by atoms with Crippen LogP contribution in [0.3, 0.4) is 0 Å². The van der Waals surface area contributed by atoms with Gasteiger partial charge in [0.05, 0.1) is 43.3 Å². The first-order valence-electron chi connectivity index (χ1n) is 8.98. The number of methoxy groups -OCH3 is 2. The molecule has 0 bridgehead atoms. The number of aliphatic hydroxyl groups is 1. The lowest BCUT2D eigenvalue weighted by molar-refractivity contribution is 0.0706. The Kier molecular flexibility index (Phi) is 6.74. The summed E-state index contributed by atoms with van der Waals surface area (Å²) >= 11 is 6.21. The quantitative estimate of drug-likeness (QED) is 0.611. The Morgan fingerprint density at radius 2 is 2.00 bits per heavy atom. The minimum absolute atomic E-state index is 0.163. The van der Waals surface area contributed by atoms with E-state index in [1.807, 2.05) is 24.3 Å². The number of nitrogens with zero attached hydrogens (tertiary/aromatic N) is 3. The van der Waals surface area contributed by atoms with Crippen LogP contribution in [0.4, 0.5) is 0 Å². The average Bonchev–Trinajstić information content (AvgIpc) is 3.23. The molecule has 8 heteroatoms. The second kappa shape index (κ2) is 9.45. The summed E-state index contributed by atoms with van der Waals surface area (Å²) in [7, 11) is 3.14. The zero-order valence-corrected chi connectivity index (χ0v) is 17.0. The molecule has 0 unspecified atom stereocenters. The summed E-state index contributed by atoms with van der Waals surface area (Å²) in [5.74, 6) is 1.03. The molecular weight excluding hydrogens is 394 g/mol. The van der Waals surface area contributed by atoms with Crippen molar-refractivity contribution >= 4 is 17.5 Å². The highest BCUT2D eigenvalue weighted by atomic mass is 35.5. The van der Waals surface area contributed by atoms with Gasteiger partial charge in [0.1, 0.15) is 11.5 Å². The molecule has 1 aromatic heterocycles. The van der Waals surface area contributed by atoms with Gasteiger partial charge in [0.15, 0.2) is 0 Å². The third-order valence-electron chi connectivity index (χ3n) is 4.43. The van der Waals surface area contributed by atoms with Gasteiger partial charge in [-0.1, -0.05) is 23.7 Å². The van der Waals surface area contributed by atoms with Crippen LogP contribution in [0, 0.1) is 0 Å². The molecule has 0 fully saturated rings. The zero-order chi connectivity index (χ0) is 20.8. The van der Waals surface area contributed by atoms with E-state index in [2.05, 4.69) is 5.10 Å². The standard InChI is InChI=1S/C21H22ClN3O4/c1-28-17-7-8-20(29-2)15(11-17)13-24(9-10-26)21(27)16-12-23-25(14-16)19-6-4-3-5-18(19)22/h3-8,11-12,14,26H,9-10,13H2,1-2H3. The second-order valence-electron chi connectivity index (χ2n) is 6.25. The third-order valence-corrected chi connectivity index (χ3v) is 4.75. The first-order chi connectivity index (χ1) is 14.1. The average molecular weight is 416 g/mol. The van der Waals surface area contributed by atoms with Gasteiger partial charge in [0, 0.05) is 24.8 Å². The van der Waals surface area contributed by atoms with E-state index >= 15 is 0 Å². The largest absolute Gasteiger partial charge is 0.497 e. The van der Waals surface area contributed by atoms with Crippen molar-refractivity contribution in [2.24, 2.45) is 0 Å². The molecule has 29 heavy (non-hydrogen) atoms. The fraction of sp³-hybridized carbons (Fsp3) is 0.238.